The van der Waals surface area contributed by atoms with Gasteiger partial charge in [-0.05, 0) is 49.2 Å². The third kappa shape index (κ3) is 5.79. The van der Waals surface area contributed by atoms with E-state index in [0.717, 1.165) is 5.69 Å². The zero-order valence-corrected chi connectivity index (χ0v) is 17.6. The van der Waals surface area contributed by atoms with Crippen molar-refractivity contribution in [3.05, 3.63) is 47.0 Å². The lowest BCUT2D eigenvalue weighted by Gasteiger charge is -2.23. The van der Waals surface area contributed by atoms with Gasteiger partial charge in [0.15, 0.2) is 18.1 Å². The van der Waals surface area contributed by atoms with Crippen molar-refractivity contribution >= 4 is 34.8 Å². The molecule has 8 heteroatoms. The molecule has 1 fully saturated rings. The number of amides is 2. The van der Waals surface area contributed by atoms with Gasteiger partial charge in [-0.3, -0.25) is 9.59 Å². The van der Waals surface area contributed by atoms with E-state index in [-0.39, 0.29) is 29.0 Å². The van der Waals surface area contributed by atoms with Crippen LogP contribution in [0.15, 0.2) is 36.4 Å². The van der Waals surface area contributed by atoms with Crippen LogP contribution in [-0.4, -0.2) is 31.6 Å². The van der Waals surface area contributed by atoms with E-state index >= 15 is 0 Å². The molecular formula is C22H26ClN3O4. The summed E-state index contributed by atoms with van der Waals surface area (Å²) in [4.78, 5) is 23.6. The first-order valence-corrected chi connectivity index (χ1v) is 10.3. The Morgan fingerprint density at radius 3 is 2.40 bits per heavy atom. The summed E-state index contributed by atoms with van der Waals surface area (Å²) < 4.78 is 10.5. The molecule has 4 N–H and O–H groups in total. The molecule has 2 aromatic carbocycles. The highest BCUT2D eigenvalue weighted by atomic mass is 35.5. The van der Waals surface area contributed by atoms with Crippen LogP contribution in [0.3, 0.4) is 0 Å². The molecule has 1 aliphatic rings. The lowest BCUT2D eigenvalue weighted by Crippen LogP contribution is -2.22. The first-order valence-electron chi connectivity index (χ1n) is 9.93. The van der Waals surface area contributed by atoms with Crippen LogP contribution in [0.5, 0.6) is 11.5 Å². The average molecular weight is 432 g/mol. The molecule has 0 radical (unpaired) electrons. The largest absolute Gasteiger partial charge is 0.493 e. The number of ether oxygens (including phenoxy) is 2. The van der Waals surface area contributed by atoms with Crippen molar-refractivity contribution in [2.24, 2.45) is 5.73 Å². The summed E-state index contributed by atoms with van der Waals surface area (Å²) in [6, 6.07) is 11.1. The van der Waals surface area contributed by atoms with Gasteiger partial charge in [-0.2, -0.15) is 0 Å². The third-order valence-corrected chi connectivity index (χ3v) is 5.25. The van der Waals surface area contributed by atoms with Crippen molar-refractivity contribution in [3.63, 3.8) is 0 Å². The molecule has 0 atom stereocenters. The molecule has 3 rings (SSSR count). The lowest BCUT2D eigenvalue weighted by molar-refractivity contribution is -0.119. The molecule has 160 valence electrons. The number of carbonyl (C=O) groups excluding carboxylic acids is 2. The summed E-state index contributed by atoms with van der Waals surface area (Å²) in [5, 5.41) is 6.54. The Bertz CT molecular complexity index is 896. The summed E-state index contributed by atoms with van der Waals surface area (Å²) >= 11 is 6.21. The van der Waals surface area contributed by atoms with Crippen LogP contribution in [0.25, 0.3) is 0 Å². The number of anilines is 2. The Kier molecular flexibility index (Phi) is 7.41. The molecule has 0 aliphatic heterocycles. The van der Waals surface area contributed by atoms with Gasteiger partial charge in [-0.15, -0.1) is 0 Å². The van der Waals surface area contributed by atoms with Gasteiger partial charge in [0.2, 0.25) is 0 Å². The Morgan fingerprint density at radius 1 is 1.10 bits per heavy atom. The van der Waals surface area contributed by atoms with Crippen molar-refractivity contribution in [2.75, 3.05) is 24.4 Å². The van der Waals surface area contributed by atoms with E-state index < -0.39 is 5.91 Å². The van der Waals surface area contributed by atoms with Crippen molar-refractivity contribution in [1.82, 2.24) is 0 Å². The van der Waals surface area contributed by atoms with Gasteiger partial charge < -0.3 is 25.8 Å². The van der Waals surface area contributed by atoms with Gasteiger partial charge in [0.05, 0.1) is 12.1 Å². The molecule has 0 spiro atoms. The van der Waals surface area contributed by atoms with Gasteiger partial charge in [0.1, 0.15) is 0 Å². The van der Waals surface area contributed by atoms with Crippen LogP contribution in [-0.2, 0) is 4.79 Å². The highest BCUT2D eigenvalue weighted by molar-refractivity contribution is 6.32. The minimum atomic E-state index is -0.642. The summed E-state index contributed by atoms with van der Waals surface area (Å²) in [7, 11) is 1.42. The number of carbonyl (C=O) groups is 2. The van der Waals surface area contributed by atoms with Crippen LogP contribution < -0.4 is 25.8 Å². The number of rotatable bonds is 8. The molecule has 0 bridgehead atoms. The van der Waals surface area contributed by atoms with Crippen molar-refractivity contribution in [2.45, 2.75) is 38.1 Å². The van der Waals surface area contributed by atoms with E-state index in [9.17, 15) is 9.59 Å². The van der Waals surface area contributed by atoms with Crippen molar-refractivity contribution < 1.29 is 19.1 Å². The minimum absolute atomic E-state index is 0.146. The molecule has 2 amide bonds. The minimum Gasteiger partial charge on any atom is -0.493 e. The number of nitrogens with two attached hydrogens (primary N) is 1. The molecular weight excluding hydrogens is 406 g/mol. The monoisotopic (exact) mass is 431 g/mol. The SMILES string of the molecule is COc1cc(C(=O)Nc2ccc(NC3CCCCC3)cc2)cc(Cl)c1OCC(N)=O. The van der Waals surface area contributed by atoms with Crippen LogP contribution in [0.4, 0.5) is 11.4 Å². The number of methoxy groups -OCH3 is 1. The number of benzene rings is 2. The van der Waals surface area contributed by atoms with Crippen molar-refractivity contribution in [3.8, 4) is 11.5 Å². The maximum atomic E-state index is 12.7. The van der Waals surface area contributed by atoms with Gasteiger partial charge in [0, 0.05) is 23.0 Å². The topological polar surface area (TPSA) is 103 Å². The Balaban J connectivity index is 1.66. The first kappa shape index (κ1) is 21.8. The fourth-order valence-corrected chi connectivity index (χ4v) is 3.74. The van der Waals surface area contributed by atoms with Gasteiger partial charge >= 0.3 is 0 Å². The number of nitrogens with one attached hydrogen (secondary N) is 2. The second-order valence-corrected chi connectivity index (χ2v) is 7.66. The van der Waals surface area contributed by atoms with Crippen LogP contribution >= 0.6 is 11.6 Å². The maximum Gasteiger partial charge on any atom is 0.255 e. The van der Waals surface area contributed by atoms with E-state index in [1.807, 2.05) is 24.3 Å². The predicted molar refractivity (Wildman–Crippen MR) is 118 cm³/mol. The molecule has 0 saturated heterocycles. The molecule has 1 saturated carbocycles. The summed E-state index contributed by atoms with van der Waals surface area (Å²) in [5.74, 6) is -0.588. The average Bonchev–Trinajstić information content (AvgIpc) is 2.74. The van der Waals surface area contributed by atoms with E-state index in [1.165, 1.54) is 51.3 Å². The van der Waals surface area contributed by atoms with Crippen molar-refractivity contribution in [1.29, 1.82) is 0 Å². The van der Waals surface area contributed by atoms with E-state index in [0.29, 0.717) is 17.3 Å². The van der Waals surface area contributed by atoms with Gasteiger partial charge in [0.25, 0.3) is 11.8 Å². The second kappa shape index (κ2) is 10.2. The van der Waals surface area contributed by atoms with Gasteiger partial charge in [-0.1, -0.05) is 30.9 Å². The molecule has 1 aliphatic carbocycles. The number of primary amides is 1. The molecule has 2 aromatic rings. The maximum absolute atomic E-state index is 12.7. The zero-order chi connectivity index (χ0) is 21.5. The highest BCUT2D eigenvalue weighted by Gasteiger charge is 2.17. The highest BCUT2D eigenvalue weighted by Crippen LogP contribution is 2.36. The van der Waals surface area contributed by atoms with E-state index in [4.69, 9.17) is 26.8 Å². The molecule has 0 unspecified atom stereocenters. The lowest BCUT2D eigenvalue weighted by atomic mass is 9.95. The quantitative estimate of drug-likeness (QED) is 0.581. The van der Waals surface area contributed by atoms with Crippen LogP contribution in [0.1, 0.15) is 42.5 Å². The zero-order valence-electron chi connectivity index (χ0n) is 16.9. The Morgan fingerprint density at radius 2 is 1.77 bits per heavy atom. The summed E-state index contributed by atoms with van der Waals surface area (Å²) in [6.07, 6.45) is 6.24. The van der Waals surface area contributed by atoms with Gasteiger partial charge in [-0.25, -0.2) is 0 Å². The molecule has 0 heterocycles. The standard InChI is InChI=1S/C22H26ClN3O4/c1-29-19-12-14(11-18(23)21(19)30-13-20(24)27)22(28)26-17-9-7-16(8-10-17)25-15-5-3-2-4-6-15/h7-12,15,25H,2-6,13H2,1H3,(H2,24,27)(H,26,28). The second-order valence-electron chi connectivity index (χ2n) is 7.26. The Labute approximate surface area is 180 Å². The molecule has 0 aromatic heterocycles. The fraction of sp³-hybridized carbons (Fsp3) is 0.364. The van der Waals surface area contributed by atoms with Crippen LogP contribution in [0.2, 0.25) is 5.02 Å². The fourth-order valence-electron chi connectivity index (χ4n) is 3.47. The molecule has 30 heavy (non-hydrogen) atoms. The molecule has 7 nitrogen and oxygen atoms in total. The van der Waals surface area contributed by atoms with E-state index in [1.54, 1.807) is 0 Å². The number of hydrogen-bond donors (Lipinski definition) is 3. The third-order valence-electron chi connectivity index (χ3n) is 4.97. The van der Waals surface area contributed by atoms with Crippen LogP contribution in [0, 0.1) is 0 Å². The Hall–Kier alpha value is -2.93. The summed E-state index contributed by atoms with van der Waals surface area (Å²) in [5.41, 5.74) is 7.10. The number of hydrogen-bond acceptors (Lipinski definition) is 5. The number of halogens is 1. The summed E-state index contributed by atoms with van der Waals surface area (Å²) in [6.45, 7) is -0.344. The normalized spacial score (nSPS) is 14.1. The predicted octanol–water partition coefficient (Wildman–Crippen LogP) is 4.21. The van der Waals surface area contributed by atoms with E-state index in [2.05, 4.69) is 10.6 Å². The smallest absolute Gasteiger partial charge is 0.255 e. The first-order chi connectivity index (χ1) is 14.5.